The fourth-order valence-corrected chi connectivity index (χ4v) is 4.27. The van der Waals surface area contributed by atoms with Gasteiger partial charge in [-0.1, -0.05) is 48.2 Å². The number of rotatable bonds is 5. The Balaban J connectivity index is 1.54. The highest BCUT2D eigenvalue weighted by Gasteiger charge is 2.34. The largest absolute Gasteiger partial charge is 0.433 e. The minimum Gasteiger partial charge on any atom is -0.325 e. The first kappa shape index (κ1) is 21.4. The molecule has 3 aromatic rings. The molecule has 1 heterocycles. The third kappa shape index (κ3) is 5.07. The lowest BCUT2D eigenvalue weighted by atomic mass is 10.1. The van der Waals surface area contributed by atoms with Crippen molar-refractivity contribution in [3.05, 3.63) is 71.4 Å². The topological polar surface area (TPSA) is 54.9 Å². The van der Waals surface area contributed by atoms with Gasteiger partial charge >= 0.3 is 6.18 Å². The Morgan fingerprint density at radius 3 is 2.52 bits per heavy atom. The molecule has 1 atom stereocenters. The van der Waals surface area contributed by atoms with Gasteiger partial charge in [-0.2, -0.15) is 13.2 Å². The van der Waals surface area contributed by atoms with Crippen molar-refractivity contribution in [2.45, 2.75) is 42.8 Å². The van der Waals surface area contributed by atoms with Crippen LogP contribution in [0.15, 0.2) is 59.8 Å². The first-order chi connectivity index (χ1) is 14.8. The molecule has 1 aliphatic carbocycles. The van der Waals surface area contributed by atoms with Crippen molar-refractivity contribution in [1.29, 1.82) is 0 Å². The number of aromatic nitrogens is 2. The van der Waals surface area contributed by atoms with Crippen LogP contribution >= 0.6 is 11.8 Å². The average Bonchev–Trinajstić information content (AvgIpc) is 3.21. The van der Waals surface area contributed by atoms with Crippen molar-refractivity contribution in [2.24, 2.45) is 0 Å². The molecular weight excluding hydrogens is 423 g/mol. The molecule has 2 aromatic carbocycles. The number of halogens is 3. The highest BCUT2D eigenvalue weighted by Crippen LogP contribution is 2.33. The molecular formula is C23H20F3N3OS. The van der Waals surface area contributed by atoms with Crippen molar-refractivity contribution in [3.8, 4) is 11.3 Å². The molecule has 0 radical (unpaired) electrons. The molecule has 1 aliphatic rings. The number of hydrogen-bond acceptors (Lipinski definition) is 4. The van der Waals surface area contributed by atoms with Gasteiger partial charge in [0.2, 0.25) is 5.91 Å². The van der Waals surface area contributed by atoms with E-state index in [0.717, 1.165) is 37.1 Å². The number of hydrogen-bond donors (Lipinski definition) is 1. The number of alkyl halides is 3. The highest BCUT2D eigenvalue weighted by molar-refractivity contribution is 8.00. The van der Waals surface area contributed by atoms with Crippen molar-refractivity contribution in [1.82, 2.24) is 9.97 Å². The van der Waals surface area contributed by atoms with Crippen LogP contribution in [0.3, 0.4) is 0 Å². The van der Waals surface area contributed by atoms with Gasteiger partial charge < -0.3 is 5.32 Å². The molecule has 0 saturated heterocycles. The van der Waals surface area contributed by atoms with Gasteiger partial charge in [-0.25, -0.2) is 9.97 Å². The summed E-state index contributed by atoms with van der Waals surface area (Å²) in [5.74, 6) is -0.315. The standard InChI is InChI=1S/C23H20F3N3OS/c1-14(21(30)27-18-11-10-15-8-5-9-17(15)12-18)31-22-28-19(16-6-3-2-4-7-16)13-20(29-22)23(24,25)26/h2-4,6-7,10-14H,5,8-9H2,1H3,(H,27,30). The predicted molar refractivity (Wildman–Crippen MR) is 115 cm³/mol. The number of benzene rings is 2. The summed E-state index contributed by atoms with van der Waals surface area (Å²) in [6.07, 6.45) is -1.47. The van der Waals surface area contributed by atoms with Crippen molar-refractivity contribution >= 4 is 23.4 Å². The van der Waals surface area contributed by atoms with Crippen LogP contribution in [0.1, 0.15) is 30.2 Å². The van der Waals surface area contributed by atoms with Gasteiger partial charge in [-0.15, -0.1) is 0 Å². The quantitative estimate of drug-likeness (QED) is 0.402. The Morgan fingerprint density at radius 1 is 1.03 bits per heavy atom. The zero-order valence-electron chi connectivity index (χ0n) is 16.7. The van der Waals surface area contributed by atoms with Crippen molar-refractivity contribution in [2.75, 3.05) is 5.32 Å². The Kier molecular flexibility index (Phi) is 6.00. The van der Waals surface area contributed by atoms with E-state index in [-0.39, 0.29) is 16.8 Å². The number of fused-ring (bicyclic) bond motifs is 1. The van der Waals surface area contributed by atoms with Crippen LogP contribution < -0.4 is 5.32 Å². The fraction of sp³-hybridized carbons (Fsp3) is 0.261. The van der Waals surface area contributed by atoms with E-state index in [4.69, 9.17) is 0 Å². The molecule has 0 saturated carbocycles. The van der Waals surface area contributed by atoms with Crippen LogP contribution in [-0.4, -0.2) is 21.1 Å². The van der Waals surface area contributed by atoms with Crippen LogP contribution in [0.2, 0.25) is 0 Å². The Labute approximate surface area is 182 Å². The minimum absolute atomic E-state index is 0.0923. The highest BCUT2D eigenvalue weighted by atomic mass is 32.2. The number of anilines is 1. The molecule has 0 fully saturated rings. The molecule has 4 rings (SSSR count). The summed E-state index contributed by atoms with van der Waals surface area (Å²) < 4.78 is 40.1. The summed E-state index contributed by atoms with van der Waals surface area (Å²) in [6, 6.07) is 15.3. The minimum atomic E-state index is -4.61. The maximum Gasteiger partial charge on any atom is 0.433 e. The molecule has 0 bridgehead atoms. The second-order valence-corrected chi connectivity index (χ2v) is 8.68. The summed E-state index contributed by atoms with van der Waals surface area (Å²) in [7, 11) is 0. The molecule has 4 nitrogen and oxygen atoms in total. The third-order valence-electron chi connectivity index (χ3n) is 5.08. The van der Waals surface area contributed by atoms with E-state index in [1.807, 2.05) is 18.2 Å². The summed E-state index contributed by atoms with van der Waals surface area (Å²) in [6.45, 7) is 1.62. The van der Waals surface area contributed by atoms with Crippen LogP contribution in [0, 0.1) is 0 Å². The second-order valence-electron chi connectivity index (χ2n) is 7.37. The number of thioether (sulfide) groups is 1. The Bertz CT molecular complexity index is 1100. The number of carbonyl (C=O) groups excluding carboxylic acids is 1. The van der Waals surface area contributed by atoms with Crippen LogP contribution in [0.25, 0.3) is 11.3 Å². The van der Waals surface area contributed by atoms with E-state index < -0.39 is 17.1 Å². The van der Waals surface area contributed by atoms with E-state index in [2.05, 4.69) is 15.3 Å². The van der Waals surface area contributed by atoms with Gasteiger partial charge in [0.25, 0.3) is 0 Å². The lowest BCUT2D eigenvalue weighted by Crippen LogP contribution is -2.23. The number of aryl methyl sites for hydroxylation is 2. The molecule has 31 heavy (non-hydrogen) atoms. The van der Waals surface area contributed by atoms with E-state index >= 15 is 0 Å². The van der Waals surface area contributed by atoms with Gasteiger partial charge in [0.15, 0.2) is 5.16 Å². The number of nitrogens with zero attached hydrogens (tertiary/aromatic N) is 2. The second kappa shape index (κ2) is 8.70. The molecule has 1 N–H and O–H groups in total. The lowest BCUT2D eigenvalue weighted by Gasteiger charge is -2.14. The number of carbonyl (C=O) groups is 1. The summed E-state index contributed by atoms with van der Waals surface area (Å²) in [5, 5.41) is 2.07. The van der Waals surface area contributed by atoms with E-state index in [9.17, 15) is 18.0 Å². The maximum atomic E-state index is 13.4. The van der Waals surface area contributed by atoms with Gasteiger partial charge in [-0.05, 0) is 55.5 Å². The number of nitrogens with one attached hydrogen (secondary N) is 1. The SMILES string of the molecule is CC(Sc1nc(-c2ccccc2)cc(C(F)(F)F)n1)C(=O)Nc1ccc2c(c1)CCC2. The smallest absolute Gasteiger partial charge is 0.325 e. The summed E-state index contributed by atoms with van der Waals surface area (Å²) in [4.78, 5) is 20.6. The molecule has 0 aliphatic heterocycles. The molecule has 8 heteroatoms. The van der Waals surface area contributed by atoms with Gasteiger partial charge in [-0.3, -0.25) is 4.79 Å². The normalized spacial score (nSPS) is 14.2. The predicted octanol–water partition coefficient (Wildman–Crippen LogP) is 5.77. The van der Waals surface area contributed by atoms with Gasteiger partial charge in [0.05, 0.1) is 10.9 Å². The molecule has 1 unspecified atom stereocenters. The van der Waals surface area contributed by atoms with Crippen molar-refractivity contribution in [3.63, 3.8) is 0 Å². The third-order valence-corrected chi connectivity index (χ3v) is 6.04. The Hall–Kier alpha value is -2.87. The number of amides is 1. The van der Waals surface area contributed by atoms with E-state index in [0.29, 0.717) is 11.3 Å². The van der Waals surface area contributed by atoms with E-state index in [1.54, 1.807) is 37.3 Å². The van der Waals surface area contributed by atoms with Crippen LogP contribution in [0.4, 0.5) is 18.9 Å². The molecule has 1 amide bonds. The maximum absolute atomic E-state index is 13.4. The zero-order chi connectivity index (χ0) is 22.0. The summed E-state index contributed by atoms with van der Waals surface area (Å²) >= 11 is 0.901. The molecule has 160 valence electrons. The first-order valence-electron chi connectivity index (χ1n) is 9.90. The van der Waals surface area contributed by atoms with Crippen LogP contribution in [-0.2, 0) is 23.8 Å². The zero-order valence-corrected chi connectivity index (χ0v) is 17.6. The monoisotopic (exact) mass is 443 g/mol. The molecule has 1 aromatic heterocycles. The average molecular weight is 443 g/mol. The lowest BCUT2D eigenvalue weighted by molar-refractivity contribution is -0.141. The fourth-order valence-electron chi connectivity index (χ4n) is 3.48. The van der Waals surface area contributed by atoms with Gasteiger partial charge in [0, 0.05) is 11.3 Å². The molecule has 0 spiro atoms. The van der Waals surface area contributed by atoms with E-state index in [1.165, 1.54) is 11.1 Å². The first-order valence-corrected chi connectivity index (χ1v) is 10.8. The van der Waals surface area contributed by atoms with Crippen LogP contribution in [0.5, 0.6) is 0 Å². The van der Waals surface area contributed by atoms with Gasteiger partial charge in [0.1, 0.15) is 5.69 Å². The van der Waals surface area contributed by atoms with Crippen molar-refractivity contribution < 1.29 is 18.0 Å². The summed E-state index contributed by atoms with van der Waals surface area (Å²) in [5.41, 5.74) is 2.89. The Morgan fingerprint density at radius 2 is 1.77 bits per heavy atom.